The molecule has 0 aliphatic heterocycles. The number of anilines is 2. The lowest BCUT2D eigenvalue weighted by Gasteiger charge is -2.22. The summed E-state index contributed by atoms with van der Waals surface area (Å²) >= 11 is 7.72. The van der Waals surface area contributed by atoms with Crippen molar-refractivity contribution in [3.8, 4) is 0 Å². The van der Waals surface area contributed by atoms with E-state index in [9.17, 15) is 13.2 Å². The monoisotopic (exact) mass is 474 g/mol. The van der Waals surface area contributed by atoms with E-state index in [1.54, 1.807) is 30.0 Å². The number of thioether (sulfide) groups is 1. The summed E-state index contributed by atoms with van der Waals surface area (Å²) in [6, 6.07) is 22.4. The van der Waals surface area contributed by atoms with Crippen LogP contribution in [0.4, 0.5) is 11.4 Å². The maximum atomic E-state index is 12.6. The van der Waals surface area contributed by atoms with Crippen LogP contribution in [-0.4, -0.2) is 27.1 Å². The molecule has 31 heavy (non-hydrogen) atoms. The van der Waals surface area contributed by atoms with E-state index in [1.807, 2.05) is 43.3 Å². The van der Waals surface area contributed by atoms with E-state index in [-0.39, 0.29) is 6.54 Å². The fourth-order valence-corrected chi connectivity index (χ4v) is 4.89. The minimum atomic E-state index is -3.66. The quantitative estimate of drug-likeness (QED) is 0.447. The summed E-state index contributed by atoms with van der Waals surface area (Å²) in [5, 5.41) is 3.21. The molecule has 0 aliphatic carbocycles. The lowest BCUT2D eigenvalue weighted by atomic mass is 10.1. The standard InChI is InChI=1S/C23H23ClN2O3S2/c1-17-13-18(16-30-21-9-4-3-5-10-21)11-12-22(17)25-23(27)15-26(31(2,28)29)20-8-6-7-19(24)14-20/h3-14H,15-16H2,1-2H3,(H,25,27). The molecule has 0 spiro atoms. The van der Waals surface area contributed by atoms with Gasteiger partial charge >= 0.3 is 0 Å². The molecule has 0 aromatic heterocycles. The molecule has 0 saturated heterocycles. The van der Waals surface area contributed by atoms with Crippen molar-refractivity contribution in [1.29, 1.82) is 0 Å². The van der Waals surface area contributed by atoms with E-state index in [0.29, 0.717) is 16.4 Å². The largest absolute Gasteiger partial charge is 0.324 e. The van der Waals surface area contributed by atoms with Crippen LogP contribution in [0.25, 0.3) is 0 Å². The van der Waals surface area contributed by atoms with Crippen LogP contribution in [0.2, 0.25) is 5.02 Å². The third-order valence-corrected chi connectivity index (χ3v) is 6.96. The first-order valence-electron chi connectivity index (χ1n) is 9.53. The third-order valence-electron chi connectivity index (χ3n) is 4.50. The van der Waals surface area contributed by atoms with Crippen molar-refractivity contribution in [2.24, 2.45) is 0 Å². The Morgan fingerprint density at radius 1 is 1.03 bits per heavy atom. The Labute approximate surface area is 192 Å². The van der Waals surface area contributed by atoms with Gasteiger partial charge in [-0.25, -0.2) is 8.42 Å². The molecule has 1 amide bonds. The Hall–Kier alpha value is -2.48. The molecule has 0 unspecified atom stereocenters. The molecule has 0 atom stereocenters. The molecule has 8 heteroatoms. The van der Waals surface area contributed by atoms with E-state index >= 15 is 0 Å². The normalized spacial score (nSPS) is 11.2. The second-order valence-corrected chi connectivity index (χ2v) is 10.4. The zero-order valence-electron chi connectivity index (χ0n) is 17.2. The van der Waals surface area contributed by atoms with Gasteiger partial charge in [0.15, 0.2) is 0 Å². The van der Waals surface area contributed by atoms with Crippen LogP contribution in [0.5, 0.6) is 0 Å². The van der Waals surface area contributed by atoms with Crippen molar-refractivity contribution < 1.29 is 13.2 Å². The summed E-state index contributed by atoms with van der Waals surface area (Å²) in [5.41, 5.74) is 3.04. The maximum absolute atomic E-state index is 12.6. The van der Waals surface area contributed by atoms with Gasteiger partial charge in [-0.05, 0) is 54.4 Å². The van der Waals surface area contributed by atoms with Crippen molar-refractivity contribution in [1.82, 2.24) is 0 Å². The lowest BCUT2D eigenvalue weighted by molar-refractivity contribution is -0.114. The van der Waals surface area contributed by atoms with Crippen molar-refractivity contribution in [2.45, 2.75) is 17.6 Å². The number of halogens is 1. The predicted octanol–water partition coefficient (Wildman–Crippen LogP) is 5.35. The predicted molar refractivity (Wildman–Crippen MR) is 129 cm³/mol. The highest BCUT2D eigenvalue weighted by molar-refractivity contribution is 7.98. The minimum absolute atomic E-state index is 0.343. The van der Waals surface area contributed by atoms with Gasteiger partial charge in [0.25, 0.3) is 0 Å². The molecule has 0 saturated carbocycles. The lowest BCUT2D eigenvalue weighted by Crippen LogP contribution is -2.37. The first-order valence-corrected chi connectivity index (χ1v) is 12.7. The molecular formula is C23H23ClN2O3S2. The number of nitrogens with one attached hydrogen (secondary N) is 1. The summed E-state index contributed by atoms with van der Waals surface area (Å²) < 4.78 is 25.5. The van der Waals surface area contributed by atoms with Crippen molar-refractivity contribution in [2.75, 3.05) is 22.4 Å². The van der Waals surface area contributed by atoms with Crippen LogP contribution in [-0.2, 0) is 20.6 Å². The number of rotatable bonds is 8. The van der Waals surface area contributed by atoms with Gasteiger partial charge in [-0.2, -0.15) is 0 Å². The molecule has 5 nitrogen and oxygen atoms in total. The maximum Gasteiger partial charge on any atom is 0.245 e. The molecular weight excluding hydrogens is 452 g/mol. The summed E-state index contributed by atoms with van der Waals surface area (Å²) in [5.74, 6) is 0.385. The highest BCUT2D eigenvalue weighted by atomic mass is 35.5. The zero-order valence-corrected chi connectivity index (χ0v) is 19.6. The summed E-state index contributed by atoms with van der Waals surface area (Å²) in [6.07, 6.45) is 1.06. The molecule has 162 valence electrons. The molecule has 3 aromatic rings. The number of carbonyl (C=O) groups excluding carboxylic acids is 1. The van der Waals surface area contributed by atoms with Crippen LogP contribution in [0, 0.1) is 6.92 Å². The molecule has 0 bridgehead atoms. The molecule has 3 rings (SSSR count). The number of nitrogens with zero attached hydrogens (tertiary/aromatic N) is 1. The number of hydrogen-bond donors (Lipinski definition) is 1. The summed E-state index contributed by atoms with van der Waals surface area (Å²) in [7, 11) is -3.66. The van der Waals surface area contributed by atoms with Gasteiger partial charge in [0, 0.05) is 21.4 Å². The average Bonchev–Trinajstić information content (AvgIpc) is 2.72. The highest BCUT2D eigenvalue weighted by Gasteiger charge is 2.21. The van der Waals surface area contributed by atoms with Crippen LogP contribution in [0.1, 0.15) is 11.1 Å². The fraction of sp³-hybridized carbons (Fsp3) is 0.174. The molecule has 1 N–H and O–H groups in total. The Balaban J connectivity index is 1.67. The number of sulfonamides is 1. The number of benzene rings is 3. The third kappa shape index (κ3) is 6.75. The fourth-order valence-electron chi connectivity index (χ4n) is 2.99. The van der Waals surface area contributed by atoms with Gasteiger partial charge < -0.3 is 5.32 Å². The summed E-state index contributed by atoms with van der Waals surface area (Å²) in [4.78, 5) is 13.8. The van der Waals surface area contributed by atoms with E-state index in [2.05, 4.69) is 17.4 Å². The van der Waals surface area contributed by atoms with Crippen molar-refractivity contribution in [3.63, 3.8) is 0 Å². The smallest absolute Gasteiger partial charge is 0.245 e. The Morgan fingerprint density at radius 2 is 1.77 bits per heavy atom. The van der Waals surface area contributed by atoms with Gasteiger partial charge in [0.05, 0.1) is 11.9 Å². The summed E-state index contributed by atoms with van der Waals surface area (Å²) in [6.45, 7) is 1.57. The van der Waals surface area contributed by atoms with Crippen LogP contribution < -0.4 is 9.62 Å². The Bertz CT molecular complexity index is 1170. The van der Waals surface area contributed by atoms with E-state index in [4.69, 9.17) is 11.6 Å². The Kier molecular flexibility index (Phi) is 7.64. The molecule has 0 fully saturated rings. The van der Waals surface area contributed by atoms with E-state index in [1.165, 1.54) is 11.0 Å². The zero-order chi connectivity index (χ0) is 22.4. The van der Waals surface area contributed by atoms with Gasteiger partial charge in [-0.15, -0.1) is 11.8 Å². The van der Waals surface area contributed by atoms with Crippen molar-refractivity contribution in [3.05, 3.63) is 88.9 Å². The van der Waals surface area contributed by atoms with E-state index in [0.717, 1.165) is 27.4 Å². The Morgan fingerprint density at radius 3 is 2.42 bits per heavy atom. The topological polar surface area (TPSA) is 66.5 Å². The number of carbonyl (C=O) groups is 1. The molecule has 0 aliphatic rings. The first-order chi connectivity index (χ1) is 14.7. The van der Waals surface area contributed by atoms with Crippen LogP contribution in [0.3, 0.4) is 0 Å². The second-order valence-electron chi connectivity index (χ2n) is 7.05. The second kappa shape index (κ2) is 10.2. The molecule has 0 heterocycles. The minimum Gasteiger partial charge on any atom is -0.324 e. The van der Waals surface area contributed by atoms with Gasteiger partial charge in [0.2, 0.25) is 15.9 Å². The number of aryl methyl sites for hydroxylation is 1. The number of hydrogen-bond acceptors (Lipinski definition) is 4. The van der Waals surface area contributed by atoms with Crippen LogP contribution in [0.15, 0.2) is 77.7 Å². The first kappa shape index (κ1) is 23.2. The van der Waals surface area contributed by atoms with Gasteiger partial charge in [-0.1, -0.05) is 48.0 Å². The molecule has 0 radical (unpaired) electrons. The van der Waals surface area contributed by atoms with E-state index < -0.39 is 15.9 Å². The van der Waals surface area contributed by atoms with Gasteiger partial charge in [0.1, 0.15) is 6.54 Å². The SMILES string of the molecule is Cc1cc(CSc2ccccc2)ccc1NC(=O)CN(c1cccc(Cl)c1)S(C)(=O)=O. The van der Waals surface area contributed by atoms with Crippen molar-refractivity contribution >= 4 is 50.7 Å². The van der Waals surface area contributed by atoms with Gasteiger partial charge in [-0.3, -0.25) is 9.10 Å². The number of amides is 1. The van der Waals surface area contributed by atoms with Crippen LogP contribution >= 0.6 is 23.4 Å². The highest BCUT2D eigenvalue weighted by Crippen LogP contribution is 2.25. The molecule has 3 aromatic carbocycles. The average molecular weight is 475 g/mol.